The fourth-order valence-electron chi connectivity index (χ4n) is 1.54. The van der Waals surface area contributed by atoms with Crippen LogP contribution < -0.4 is 10.5 Å². The van der Waals surface area contributed by atoms with Crippen LogP contribution in [0.25, 0.3) is 0 Å². The number of ether oxygens (including phenoxy) is 1. The minimum atomic E-state index is -1.26. The second-order valence-corrected chi connectivity index (χ2v) is 4.68. The van der Waals surface area contributed by atoms with E-state index in [4.69, 9.17) is 38.8 Å². The Kier molecular flexibility index (Phi) is 4.01. The quantitative estimate of drug-likeness (QED) is 0.832. The first kappa shape index (κ1) is 14.4. The number of hydrogen-bond donors (Lipinski definition) is 2. The van der Waals surface area contributed by atoms with Gasteiger partial charge in [-0.25, -0.2) is 9.18 Å². The lowest BCUT2D eigenvalue weighted by Crippen LogP contribution is -2.02. The summed E-state index contributed by atoms with van der Waals surface area (Å²) >= 11 is 11.5. The van der Waals surface area contributed by atoms with Crippen molar-refractivity contribution < 1.29 is 19.0 Å². The highest BCUT2D eigenvalue weighted by atomic mass is 35.5. The van der Waals surface area contributed by atoms with Gasteiger partial charge in [-0.2, -0.15) is 0 Å². The van der Waals surface area contributed by atoms with Gasteiger partial charge in [0.05, 0.1) is 10.0 Å². The molecule has 0 unspecified atom stereocenters. The number of anilines is 1. The summed E-state index contributed by atoms with van der Waals surface area (Å²) in [5.41, 5.74) is 5.49. The average molecular weight is 316 g/mol. The Morgan fingerprint density at radius 2 is 1.90 bits per heavy atom. The lowest BCUT2D eigenvalue weighted by atomic mass is 10.2. The van der Waals surface area contributed by atoms with Crippen LogP contribution in [0.3, 0.4) is 0 Å². The Hall–Kier alpha value is -1.98. The average Bonchev–Trinajstić information content (AvgIpc) is 2.36. The van der Waals surface area contributed by atoms with Crippen LogP contribution in [0.5, 0.6) is 11.5 Å². The van der Waals surface area contributed by atoms with Gasteiger partial charge in [0.25, 0.3) is 0 Å². The molecule has 0 bridgehead atoms. The molecule has 7 heteroatoms. The smallest absolute Gasteiger partial charge is 0.339 e. The van der Waals surface area contributed by atoms with E-state index >= 15 is 0 Å². The largest absolute Gasteiger partial charge is 0.478 e. The molecule has 4 nitrogen and oxygen atoms in total. The first-order chi connectivity index (χ1) is 9.38. The maximum absolute atomic E-state index is 13.3. The van der Waals surface area contributed by atoms with Crippen LogP contribution in [0.4, 0.5) is 10.1 Å². The lowest BCUT2D eigenvalue weighted by Gasteiger charge is -2.11. The monoisotopic (exact) mass is 315 g/mol. The number of rotatable bonds is 3. The third-order valence-electron chi connectivity index (χ3n) is 2.41. The molecule has 3 N–H and O–H groups in total. The molecule has 2 aromatic rings. The zero-order valence-corrected chi connectivity index (χ0v) is 11.4. The van der Waals surface area contributed by atoms with Crippen LogP contribution in [0, 0.1) is 5.82 Å². The summed E-state index contributed by atoms with van der Waals surface area (Å²) < 4.78 is 18.6. The normalized spacial score (nSPS) is 10.3. The van der Waals surface area contributed by atoms with Gasteiger partial charge in [0.1, 0.15) is 17.1 Å². The zero-order valence-electron chi connectivity index (χ0n) is 9.86. The Labute approximate surface area is 123 Å². The molecule has 0 radical (unpaired) electrons. The van der Waals surface area contributed by atoms with Crippen molar-refractivity contribution >= 4 is 34.9 Å². The van der Waals surface area contributed by atoms with Gasteiger partial charge < -0.3 is 15.6 Å². The highest BCUT2D eigenvalue weighted by molar-refractivity contribution is 6.33. The van der Waals surface area contributed by atoms with E-state index in [0.717, 1.165) is 6.07 Å². The van der Waals surface area contributed by atoms with E-state index < -0.39 is 11.8 Å². The van der Waals surface area contributed by atoms with Crippen LogP contribution >= 0.6 is 23.2 Å². The summed E-state index contributed by atoms with van der Waals surface area (Å²) in [6, 6.07) is 6.26. The Balaban J connectivity index is 2.47. The van der Waals surface area contributed by atoms with E-state index in [0.29, 0.717) is 0 Å². The number of carbonyl (C=O) groups is 1. The predicted molar refractivity (Wildman–Crippen MR) is 74.3 cm³/mol. The summed E-state index contributed by atoms with van der Waals surface area (Å²) in [5.74, 6) is -1.99. The van der Waals surface area contributed by atoms with Gasteiger partial charge in [-0.15, -0.1) is 0 Å². The van der Waals surface area contributed by atoms with Crippen LogP contribution in [-0.4, -0.2) is 11.1 Å². The van der Waals surface area contributed by atoms with Gasteiger partial charge in [0.2, 0.25) is 0 Å². The molecule has 0 amide bonds. The molecule has 104 valence electrons. The number of nitrogen functional groups attached to an aromatic ring is 1. The number of carboxylic acids is 1. The van der Waals surface area contributed by atoms with Crippen molar-refractivity contribution in [3.63, 3.8) is 0 Å². The van der Waals surface area contributed by atoms with Crippen LogP contribution in [-0.2, 0) is 0 Å². The number of aromatic carboxylic acids is 1. The first-order valence-electron chi connectivity index (χ1n) is 5.33. The molecule has 2 rings (SSSR count). The van der Waals surface area contributed by atoms with Crippen molar-refractivity contribution in [3.8, 4) is 11.5 Å². The fraction of sp³-hybridized carbons (Fsp3) is 0. The van der Waals surface area contributed by atoms with Crippen molar-refractivity contribution in [2.24, 2.45) is 0 Å². The van der Waals surface area contributed by atoms with Crippen molar-refractivity contribution in [2.45, 2.75) is 0 Å². The summed E-state index contributed by atoms with van der Waals surface area (Å²) in [4.78, 5) is 11.1. The minimum absolute atomic E-state index is 0.0118. The van der Waals surface area contributed by atoms with E-state index in [1.165, 1.54) is 24.3 Å². The van der Waals surface area contributed by atoms with E-state index in [2.05, 4.69) is 0 Å². The Bertz CT molecular complexity index is 692. The second-order valence-electron chi connectivity index (χ2n) is 3.86. The third kappa shape index (κ3) is 2.95. The molecule has 0 aromatic heterocycles. The highest BCUT2D eigenvalue weighted by Crippen LogP contribution is 2.35. The molecule has 0 aliphatic rings. The van der Waals surface area contributed by atoms with Gasteiger partial charge >= 0.3 is 5.97 Å². The molecule has 0 aliphatic heterocycles. The number of halogens is 3. The van der Waals surface area contributed by atoms with Gasteiger partial charge in [-0.3, -0.25) is 0 Å². The van der Waals surface area contributed by atoms with Crippen molar-refractivity contribution in [1.29, 1.82) is 0 Å². The minimum Gasteiger partial charge on any atom is -0.478 e. The van der Waals surface area contributed by atoms with E-state index in [9.17, 15) is 9.18 Å². The molecule has 0 saturated carbocycles. The van der Waals surface area contributed by atoms with E-state index in [1.54, 1.807) is 0 Å². The molecule has 0 heterocycles. The molecular formula is C13H8Cl2FNO3. The van der Waals surface area contributed by atoms with Gasteiger partial charge in [0.15, 0.2) is 5.75 Å². The first-order valence-corrected chi connectivity index (χ1v) is 6.09. The molecule has 0 saturated heterocycles. The molecule has 20 heavy (non-hydrogen) atoms. The van der Waals surface area contributed by atoms with E-state index in [-0.39, 0.29) is 32.8 Å². The summed E-state index contributed by atoms with van der Waals surface area (Å²) in [5, 5.41) is 9.04. The molecule has 0 fully saturated rings. The van der Waals surface area contributed by atoms with Crippen molar-refractivity contribution in [1.82, 2.24) is 0 Å². The Morgan fingerprint density at radius 3 is 2.50 bits per heavy atom. The molecule has 0 spiro atoms. The summed E-state index contributed by atoms with van der Waals surface area (Å²) in [7, 11) is 0. The number of carboxylic acid groups (broad SMARTS) is 1. The molecule has 0 aliphatic carbocycles. The van der Waals surface area contributed by atoms with Gasteiger partial charge in [0, 0.05) is 11.8 Å². The summed E-state index contributed by atoms with van der Waals surface area (Å²) in [6.07, 6.45) is 0. The van der Waals surface area contributed by atoms with Gasteiger partial charge in [-0.05, 0) is 24.3 Å². The number of nitrogens with two attached hydrogens (primary N) is 1. The maximum atomic E-state index is 13.3. The van der Waals surface area contributed by atoms with Crippen molar-refractivity contribution in [3.05, 3.63) is 51.8 Å². The second kappa shape index (κ2) is 5.56. The zero-order chi connectivity index (χ0) is 14.9. The van der Waals surface area contributed by atoms with Crippen molar-refractivity contribution in [2.75, 3.05) is 5.73 Å². The molecular weight excluding hydrogens is 308 g/mol. The summed E-state index contributed by atoms with van der Waals surface area (Å²) in [6.45, 7) is 0. The Morgan fingerprint density at radius 1 is 1.20 bits per heavy atom. The maximum Gasteiger partial charge on any atom is 0.339 e. The van der Waals surface area contributed by atoms with Crippen LogP contribution in [0.2, 0.25) is 10.0 Å². The molecule has 2 aromatic carbocycles. The lowest BCUT2D eigenvalue weighted by molar-refractivity contribution is 0.0694. The standard InChI is InChI=1S/C13H8Cl2FNO3/c14-9-2-1-7(5-11(9)16)20-12-8(13(18)19)3-6(17)4-10(12)15/h1-5H,17H2,(H,18,19). The predicted octanol–water partition coefficient (Wildman–Crippen LogP) is 4.21. The highest BCUT2D eigenvalue weighted by Gasteiger charge is 2.17. The third-order valence-corrected chi connectivity index (χ3v) is 2.99. The molecule has 0 atom stereocenters. The van der Waals surface area contributed by atoms with Gasteiger partial charge in [-0.1, -0.05) is 23.2 Å². The number of hydrogen-bond acceptors (Lipinski definition) is 3. The SMILES string of the molecule is Nc1cc(Cl)c(Oc2ccc(Cl)c(F)c2)c(C(=O)O)c1. The number of benzene rings is 2. The van der Waals surface area contributed by atoms with Crippen LogP contribution in [0.15, 0.2) is 30.3 Å². The van der Waals surface area contributed by atoms with Crippen LogP contribution in [0.1, 0.15) is 10.4 Å². The topological polar surface area (TPSA) is 72.5 Å². The van der Waals surface area contributed by atoms with E-state index in [1.807, 2.05) is 0 Å². The fourth-order valence-corrected chi connectivity index (χ4v) is 1.92.